The zero-order chi connectivity index (χ0) is 9.94. The summed E-state index contributed by atoms with van der Waals surface area (Å²) < 4.78 is 22.3. The molecule has 0 aromatic carbocycles. The summed E-state index contributed by atoms with van der Waals surface area (Å²) in [7, 11) is -3.27. The maximum atomic E-state index is 11.2. The van der Waals surface area contributed by atoms with E-state index >= 15 is 0 Å². The number of carbonyl (C=O) groups excluding carboxylic acids is 1. The van der Waals surface area contributed by atoms with Gasteiger partial charge in [0.1, 0.15) is 0 Å². The minimum absolute atomic E-state index is 0.375. The molecule has 0 spiro atoms. The summed E-state index contributed by atoms with van der Waals surface area (Å²) in [6.45, 7) is 3.06. The second-order valence-electron chi connectivity index (χ2n) is 2.89. The number of amides is 1. The summed E-state index contributed by atoms with van der Waals surface area (Å²) in [5, 5.41) is -0.525. The Hall–Kier alpha value is -0.620. The molecular formula is C6H14N2O3S. The van der Waals surface area contributed by atoms with Crippen LogP contribution in [0.3, 0.4) is 0 Å². The number of hydrogen-bond acceptors (Lipinski definition) is 4. The van der Waals surface area contributed by atoms with Gasteiger partial charge in [-0.15, -0.1) is 0 Å². The van der Waals surface area contributed by atoms with Crippen LogP contribution in [0, 0.1) is 0 Å². The molecule has 4 N–H and O–H groups in total. The minimum atomic E-state index is -3.27. The van der Waals surface area contributed by atoms with Gasteiger partial charge in [0.05, 0.1) is 17.0 Å². The molecular weight excluding hydrogens is 180 g/mol. The summed E-state index contributed by atoms with van der Waals surface area (Å²) in [5.41, 5.74) is 10.0. The quantitative estimate of drug-likeness (QED) is 0.575. The molecule has 0 aliphatic heterocycles. The zero-order valence-electron chi connectivity index (χ0n) is 7.15. The molecule has 0 fully saturated rings. The molecule has 1 atom stereocenters. The van der Waals surface area contributed by atoms with E-state index in [1.807, 2.05) is 0 Å². The highest BCUT2D eigenvalue weighted by Crippen LogP contribution is 2.01. The number of hydrogen-bond donors (Lipinski definition) is 2. The van der Waals surface area contributed by atoms with E-state index in [0.29, 0.717) is 0 Å². The monoisotopic (exact) mass is 194 g/mol. The molecule has 6 heteroatoms. The SMILES string of the molecule is CC(C)S(=O)(=O)CC(N)C(N)=O. The van der Waals surface area contributed by atoms with Gasteiger partial charge in [0.15, 0.2) is 9.84 Å². The van der Waals surface area contributed by atoms with Crippen LogP contribution in [-0.2, 0) is 14.6 Å². The molecule has 0 aromatic heterocycles. The Balaban J connectivity index is 4.37. The van der Waals surface area contributed by atoms with Crippen LogP contribution < -0.4 is 11.5 Å². The normalized spacial score (nSPS) is 14.7. The highest BCUT2D eigenvalue weighted by Gasteiger charge is 2.22. The average Bonchev–Trinajstić information content (AvgIpc) is 1.85. The van der Waals surface area contributed by atoms with Crippen molar-refractivity contribution in [2.24, 2.45) is 11.5 Å². The van der Waals surface area contributed by atoms with Crippen molar-refractivity contribution >= 4 is 15.7 Å². The highest BCUT2D eigenvalue weighted by molar-refractivity contribution is 7.92. The lowest BCUT2D eigenvalue weighted by molar-refractivity contribution is -0.118. The van der Waals surface area contributed by atoms with Crippen LogP contribution in [0.4, 0.5) is 0 Å². The molecule has 0 aromatic rings. The van der Waals surface area contributed by atoms with Crippen molar-refractivity contribution in [3.63, 3.8) is 0 Å². The summed E-state index contributed by atoms with van der Waals surface area (Å²) in [6, 6.07) is -1.10. The highest BCUT2D eigenvalue weighted by atomic mass is 32.2. The molecule has 0 aliphatic carbocycles. The first kappa shape index (κ1) is 11.4. The Morgan fingerprint density at radius 3 is 2.08 bits per heavy atom. The smallest absolute Gasteiger partial charge is 0.235 e. The predicted octanol–water partition coefficient (Wildman–Crippen LogP) is -1.38. The van der Waals surface area contributed by atoms with Crippen LogP contribution in [0.15, 0.2) is 0 Å². The Bertz CT molecular complexity index is 258. The largest absolute Gasteiger partial charge is 0.368 e. The van der Waals surface area contributed by atoms with Gasteiger partial charge in [-0.05, 0) is 13.8 Å². The third-order valence-electron chi connectivity index (χ3n) is 1.50. The summed E-state index contributed by atoms with van der Waals surface area (Å²) >= 11 is 0. The second-order valence-corrected chi connectivity index (χ2v) is 5.49. The first-order chi connectivity index (χ1) is 5.27. The van der Waals surface area contributed by atoms with Gasteiger partial charge >= 0.3 is 0 Å². The zero-order valence-corrected chi connectivity index (χ0v) is 7.97. The molecule has 0 rings (SSSR count). The third-order valence-corrected chi connectivity index (χ3v) is 3.76. The van der Waals surface area contributed by atoms with Crippen molar-refractivity contribution in [3.8, 4) is 0 Å². The predicted molar refractivity (Wildman–Crippen MR) is 46.1 cm³/mol. The lowest BCUT2D eigenvalue weighted by Crippen LogP contribution is -2.43. The topological polar surface area (TPSA) is 103 Å². The van der Waals surface area contributed by atoms with Gasteiger partial charge in [-0.1, -0.05) is 0 Å². The van der Waals surface area contributed by atoms with E-state index < -0.39 is 27.0 Å². The van der Waals surface area contributed by atoms with E-state index in [1.54, 1.807) is 0 Å². The molecule has 0 heterocycles. The summed E-state index contributed by atoms with van der Waals surface area (Å²) in [6.07, 6.45) is 0. The summed E-state index contributed by atoms with van der Waals surface area (Å²) in [5.74, 6) is -1.17. The third kappa shape index (κ3) is 3.19. The van der Waals surface area contributed by atoms with Crippen molar-refractivity contribution in [2.45, 2.75) is 25.1 Å². The number of primary amides is 1. The van der Waals surface area contributed by atoms with Gasteiger partial charge in [0.2, 0.25) is 5.91 Å². The Morgan fingerprint density at radius 1 is 1.42 bits per heavy atom. The van der Waals surface area contributed by atoms with Gasteiger partial charge in [-0.2, -0.15) is 0 Å². The fourth-order valence-corrected chi connectivity index (χ4v) is 1.57. The maximum Gasteiger partial charge on any atom is 0.235 e. The van der Waals surface area contributed by atoms with E-state index in [2.05, 4.69) is 0 Å². The van der Waals surface area contributed by atoms with Crippen molar-refractivity contribution in [2.75, 3.05) is 5.75 Å². The molecule has 0 bridgehead atoms. The van der Waals surface area contributed by atoms with Crippen molar-refractivity contribution in [1.29, 1.82) is 0 Å². The Morgan fingerprint density at radius 2 is 1.83 bits per heavy atom. The van der Waals surface area contributed by atoms with E-state index in [9.17, 15) is 13.2 Å². The molecule has 0 saturated heterocycles. The van der Waals surface area contributed by atoms with E-state index in [0.717, 1.165) is 0 Å². The first-order valence-corrected chi connectivity index (χ1v) is 5.25. The first-order valence-electron chi connectivity index (χ1n) is 3.54. The van der Waals surface area contributed by atoms with Crippen molar-refractivity contribution in [1.82, 2.24) is 0 Å². The lowest BCUT2D eigenvalue weighted by atomic mass is 10.3. The van der Waals surface area contributed by atoms with Crippen LogP contribution in [0.5, 0.6) is 0 Å². The molecule has 5 nitrogen and oxygen atoms in total. The second kappa shape index (κ2) is 3.86. The molecule has 0 aliphatic rings. The maximum absolute atomic E-state index is 11.2. The molecule has 0 radical (unpaired) electrons. The van der Waals surface area contributed by atoms with Crippen molar-refractivity contribution < 1.29 is 13.2 Å². The Kier molecular flexibility index (Phi) is 3.66. The molecule has 0 saturated carbocycles. The van der Waals surface area contributed by atoms with E-state index in [-0.39, 0.29) is 5.75 Å². The number of nitrogens with two attached hydrogens (primary N) is 2. The average molecular weight is 194 g/mol. The fourth-order valence-electron chi connectivity index (χ4n) is 0.525. The number of carbonyl (C=O) groups is 1. The van der Waals surface area contributed by atoms with Crippen LogP contribution >= 0.6 is 0 Å². The van der Waals surface area contributed by atoms with E-state index in [4.69, 9.17) is 11.5 Å². The lowest BCUT2D eigenvalue weighted by Gasteiger charge is -2.10. The number of sulfone groups is 1. The van der Waals surface area contributed by atoms with Gasteiger partial charge in [0, 0.05) is 0 Å². The molecule has 1 unspecified atom stereocenters. The Labute approximate surface area is 72.0 Å². The van der Waals surface area contributed by atoms with Gasteiger partial charge in [0.25, 0.3) is 0 Å². The fraction of sp³-hybridized carbons (Fsp3) is 0.833. The standard InChI is InChI=1S/C6H14N2O3S/c1-4(2)12(10,11)3-5(7)6(8)9/h4-5H,3,7H2,1-2H3,(H2,8,9). The van der Waals surface area contributed by atoms with E-state index in [1.165, 1.54) is 13.8 Å². The molecule has 1 amide bonds. The van der Waals surface area contributed by atoms with Crippen LogP contribution in [0.25, 0.3) is 0 Å². The molecule has 12 heavy (non-hydrogen) atoms. The van der Waals surface area contributed by atoms with Crippen LogP contribution in [0.1, 0.15) is 13.8 Å². The van der Waals surface area contributed by atoms with Gasteiger partial charge in [-0.3, -0.25) is 4.79 Å². The van der Waals surface area contributed by atoms with Crippen molar-refractivity contribution in [3.05, 3.63) is 0 Å². The minimum Gasteiger partial charge on any atom is -0.368 e. The van der Waals surface area contributed by atoms with Gasteiger partial charge < -0.3 is 11.5 Å². The van der Waals surface area contributed by atoms with Gasteiger partial charge in [-0.25, -0.2) is 8.42 Å². The number of rotatable bonds is 4. The summed E-state index contributed by atoms with van der Waals surface area (Å²) in [4.78, 5) is 10.4. The van der Waals surface area contributed by atoms with Crippen LogP contribution in [0.2, 0.25) is 0 Å². The van der Waals surface area contributed by atoms with Crippen LogP contribution in [-0.4, -0.2) is 31.4 Å². The molecule has 72 valence electrons.